The number of para-hydroxylation sites is 1. The quantitative estimate of drug-likeness (QED) is 0.309. The van der Waals surface area contributed by atoms with Crippen molar-refractivity contribution in [1.82, 2.24) is 19.8 Å². The topological polar surface area (TPSA) is 119 Å². The molecule has 0 fully saturated rings. The highest BCUT2D eigenvalue weighted by atomic mass is 127. The van der Waals surface area contributed by atoms with Crippen LogP contribution in [0.2, 0.25) is 0 Å². The monoisotopic (exact) mass is 623 g/mol. The molecule has 0 radical (unpaired) electrons. The molecule has 0 saturated carbocycles. The SMILES string of the molecule is Cc1cc(Cn2nnn(-c3ccccc3C(F)(F)F)c2=O)ccc1NC(=O)c1c(I)cccc1C(=O)O. The van der Waals surface area contributed by atoms with Gasteiger partial charge in [-0.3, -0.25) is 4.79 Å². The van der Waals surface area contributed by atoms with E-state index < -0.39 is 35.0 Å². The van der Waals surface area contributed by atoms with Crippen LogP contribution in [-0.2, 0) is 12.7 Å². The molecule has 3 aromatic carbocycles. The number of halogens is 4. The zero-order valence-electron chi connectivity index (χ0n) is 19.0. The van der Waals surface area contributed by atoms with Crippen LogP contribution < -0.4 is 11.0 Å². The number of alkyl halides is 3. The van der Waals surface area contributed by atoms with Crippen LogP contribution in [0, 0.1) is 10.5 Å². The van der Waals surface area contributed by atoms with Gasteiger partial charge in [-0.25, -0.2) is 9.59 Å². The average molecular weight is 623 g/mol. The number of benzene rings is 3. The number of aromatic nitrogens is 4. The van der Waals surface area contributed by atoms with Crippen LogP contribution in [0.15, 0.2) is 65.5 Å². The van der Waals surface area contributed by atoms with Crippen LogP contribution in [0.25, 0.3) is 5.69 Å². The van der Waals surface area contributed by atoms with E-state index in [2.05, 4.69) is 15.7 Å². The minimum atomic E-state index is -4.68. The lowest BCUT2D eigenvalue weighted by Crippen LogP contribution is -2.26. The van der Waals surface area contributed by atoms with Gasteiger partial charge >= 0.3 is 17.8 Å². The molecule has 4 rings (SSSR count). The van der Waals surface area contributed by atoms with Gasteiger partial charge in [-0.15, -0.1) is 0 Å². The molecule has 0 spiro atoms. The molecule has 0 aliphatic rings. The minimum Gasteiger partial charge on any atom is -0.478 e. The van der Waals surface area contributed by atoms with Crippen molar-refractivity contribution in [2.75, 3.05) is 5.32 Å². The summed E-state index contributed by atoms with van der Waals surface area (Å²) in [6.07, 6.45) is -4.68. The molecule has 1 aromatic heterocycles. The second-order valence-corrected chi connectivity index (χ2v) is 9.08. The standard InChI is InChI=1S/C24H17F3IN5O4/c1-13-11-14(9-10-18(13)29-21(34)20-15(22(35)36)5-4-7-17(20)28)12-32-23(37)33(31-30-32)19-8-3-2-6-16(19)24(25,26)27/h2-11H,12H2,1H3,(H,29,34)(H,35,36). The number of hydrogen-bond donors (Lipinski definition) is 2. The van der Waals surface area contributed by atoms with Crippen LogP contribution in [0.1, 0.15) is 37.4 Å². The number of carbonyl (C=O) groups excluding carboxylic acids is 1. The van der Waals surface area contributed by atoms with E-state index in [1.54, 1.807) is 37.3 Å². The number of hydrogen-bond acceptors (Lipinski definition) is 5. The number of nitrogens with zero attached hydrogens (tertiary/aromatic N) is 4. The lowest BCUT2D eigenvalue weighted by Gasteiger charge is -2.13. The van der Waals surface area contributed by atoms with Crippen molar-refractivity contribution in [2.45, 2.75) is 19.6 Å². The molecule has 4 aromatic rings. The Morgan fingerprint density at radius 2 is 1.78 bits per heavy atom. The first-order valence-electron chi connectivity index (χ1n) is 10.6. The summed E-state index contributed by atoms with van der Waals surface area (Å²) in [4.78, 5) is 37.1. The maximum absolute atomic E-state index is 13.4. The highest BCUT2D eigenvalue weighted by Crippen LogP contribution is 2.32. The van der Waals surface area contributed by atoms with Gasteiger partial charge in [-0.2, -0.15) is 22.5 Å². The number of carboxylic acids is 1. The molecular formula is C24H17F3IN5O4. The summed E-state index contributed by atoms with van der Waals surface area (Å²) >= 11 is 1.89. The third kappa shape index (κ3) is 5.40. The van der Waals surface area contributed by atoms with Crippen LogP contribution >= 0.6 is 22.6 Å². The first-order chi connectivity index (χ1) is 17.5. The summed E-state index contributed by atoms with van der Waals surface area (Å²) in [5, 5.41) is 19.4. The van der Waals surface area contributed by atoms with Crippen molar-refractivity contribution in [3.05, 3.63) is 103 Å². The lowest BCUT2D eigenvalue weighted by atomic mass is 10.1. The number of rotatable bonds is 6. The Hall–Kier alpha value is -4.01. The first-order valence-corrected chi connectivity index (χ1v) is 11.7. The minimum absolute atomic E-state index is 0.0291. The zero-order valence-corrected chi connectivity index (χ0v) is 21.1. The number of anilines is 1. The van der Waals surface area contributed by atoms with E-state index in [9.17, 15) is 32.7 Å². The van der Waals surface area contributed by atoms with E-state index in [4.69, 9.17) is 0 Å². The van der Waals surface area contributed by atoms with E-state index in [1.165, 1.54) is 18.2 Å². The number of nitrogens with one attached hydrogen (secondary N) is 1. The number of aromatic carboxylic acids is 1. The summed E-state index contributed by atoms with van der Waals surface area (Å²) in [5.41, 5.74) is -0.803. The average Bonchev–Trinajstić information content (AvgIpc) is 3.19. The fraction of sp³-hybridized carbons (Fsp3) is 0.125. The van der Waals surface area contributed by atoms with E-state index in [1.807, 2.05) is 22.6 Å². The predicted molar refractivity (Wildman–Crippen MR) is 135 cm³/mol. The van der Waals surface area contributed by atoms with Gasteiger partial charge in [0.2, 0.25) is 0 Å². The van der Waals surface area contributed by atoms with Crippen LogP contribution in [0.3, 0.4) is 0 Å². The molecule has 190 valence electrons. The summed E-state index contributed by atoms with van der Waals surface area (Å²) in [6.45, 7) is 1.62. The van der Waals surface area contributed by atoms with Crippen molar-refractivity contribution in [1.29, 1.82) is 0 Å². The van der Waals surface area contributed by atoms with Crippen molar-refractivity contribution in [3.63, 3.8) is 0 Å². The van der Waals surface area contributed by atoms with Crippen molar-refractivity contribution in [3.8, 4) is 5.69 Å². The smallest absolute Gasteiger partial charge is 0.418 e. The molecule has 0 unspecified atom stereocenters. The van der Waals surface area contributed by atoms with Gasteiger partial charge in [0.25, 0.3) is 5.91 Å². The Balaban J connectivity index is 1.57. The molecule has 0 bridgehead atoms. The van der Waals surface area contributed by atoms with Crippen LogP contribution in [0.4, 0.5) is 18.9 Å². The maximum atomic E-state index is 13.4. The highest BCUT2D eigenvalue weighted by molar-refractivity contribution is 14.1. The summed E-state index contributed by atoms with van der Waals surface area (Å²) in [7, 11) is 0. The third-order valence-electron chi connectivity index (χ3n) is 5.42. The maximum Gasteiger partial charge on any atom is 0.418 e. The molecule has 2 N–H and O–H groups in total. The largest absolute Gasteiger partial charge is 0.478 e. The molecule has 0 saturated heterocycles. The summed E-state index contributed by atoms with van der Waals surface area (Å²) in [5.74, 6) is -1.83. The van der Waals surface area contributed by atoms with E-state index >= 15 is 0 Å². The predicted octanol–water partition coefficient (Wildman–Crippen LogP) is 4.36. The fourth-order valence-corrected chi connectivity index (χ4v) is 4.42. The summed E-state index contributed by atoms with van der Waals surface area (Å²) < 4.78 is 42.0. The van der Waals surface area contributed by atoms with Crippen molar-refractivity contribution >= 4 is 40.2 Å². The van der Waals surface area contributed by atoms with Crippen LogP contribution in [-0.4, -0.2) is 36.8 Å². The van der Waals surface area contributed by atoms with Crippen molar-refractivity contribution in [2.24, 2.45) is 0 Å². The first kappa shape index (κ1) is 26.1. The molecule has 0 atom stereocenters. The van der Waals surface area contributed by atoms with E-state index in [0.29, 0.717) is 25.1 Å². The Kier molecular flexibility index (Phi) is 7.16. The molecular weight excluding hydrogens is 606 g/mol. The Morgan fingerprint density at radius 3 is 2.46 bits per heavy atom. The second-order valence-electron chi connectivity index (χ2n) is 7.92. The van der Waals surface area contributed by atoms with Gasteiger partial charge < -0.3 is 10.4 Å². The zero-order chi connectivity index (χ0) is 26.9. The molecule has 1 amide bonds. The Bertz CT molecular complexity index is 1580. The van der Waals surface area contributed by atoms with Gasteiger partial charge in [0.1, 0.15) is 0 Å². The molecule has 0 aliphatic carbocycles. The van der Waals surface area contributed by atoms with Crippen molar-refractivity contribution < 1.29 is 27.9 Å². The van der Waals surface area contributed by atoms with Gasteiger partial charge in [-0.05, 0) is 81.4 Å². The molecule has 1 heterocycles. The molecule has 0 aliphatic heterocycles. The van der Waals surface area contributed by atoms with E-state index in [-0.39, 0.29) is 17.7 Å². The number of carboxylic acid groups (broad SMARTS) is 1. The molecule has 13 heteroatoms. The number of carbonyl (C=O) groups is 2. The highest BCUT2D eigenvalue weighted by Gasteiger charge is 2.34. The van der Waals surface area contributed by atoms with E-state index in [0.717, 1.165) is 16.8 Å². The van der Waals surface area contributed by atoms with Gasteiger partial charge in [-0.1, -0.05) is 30.3 Å². The Morgan fingerprint density at radius 1 is 1.05 bits per heavy atom. The molecule has 37 heavy (non-hydrogen) atoms. The second kappa shape index (κ2) is 10.2. The van der Waals surface area contributed by atoms with Gasteiger partial charge in [0.05, 0.1) is 28.9 Å². The number of tetrazole rings is 1. The number of aryl methyl sites for hydroxylation is 1. The Labute approximate surface area is 220 Å². The summed E-state index contributed by atoms with van der Waals surface area (Å²) in [6, 6.07) is 13.9. The fourth-order valence-electron chi connectivity index (χ4n) is 3.68. The van der Waals surface area contributed by atoms with Crippen LogP contribution in [0.5, 0.6) is 0 Å². The van der Waals surface area contributed by atoms with Gasteiger partial charge in [0.15, 0.2) is 0 Å². The molecule has 9 nitrogen and oxygen atoms in total. The lowest BCUT2D eigenvalue weighted by molar-refractivity contribution is -0.137. The normalized spacial score (nSPS) is 11.4. The number of amides is 1. The third-order valence-corrected chi connectivity index (χ3v) is 6.32. The van der Waals surface area contributed by atoms with Gasteiger partial charge in [0, 0.05) is 9.26 Å².